The summed E-state index contributed by atoms with van der Waals surface area (Å²) >= 11 is 0. The maximum Gasteiger partial charge on any atom is 0.336 e. The van der Waals surface area contributed by atoms with Gasteiger partial charge in [0.05, 0.1) is 17.2 Å². The standard InChI is InChI=1S/C16H12FNO2/c1-10(12-7-5-11(9-18)6-8-12)15-13(16(19)20)3-2-4-14(15)17/h2-8,10H,1H3,(H,19,20). The van der Waals surface area contributed by atoms with Crippen molar-refractivity contribution in [1.82, 2.24) is 0 Å². The van der Waals surface area contributed by atoms with Crippen molar-refractivity contribution in [2.45, 2.75) is 12.8 Å². The molecule has 20 heavy (non-hydrogen) atoms. The molecule has 100 valence electrons. The van der Waals surface area contributed by atoms with E-state index in [9.17, 15) is 9.18 Å². The monoisotopic (exact) mass is 269 g/mol. The quantitative estimate of drug-likeness (QED) is 0.926. The Labute approximate surface area is 115 Å². The number of hydrogen-bond acceptors (Lipinski definition) is 2. The van der Waals surface area contributed by atoms with Crippen LogP contribution < -0.4 is 0 Å². The highest BCUT2D eigenvalue weighted by molar-refractivity contribution is 5.89. The number of nitrogens with zero attached hydrogens (tertiary/aromatic N) is 1. The molecule has 2 rings (SSSR count). The summed E-state index contributed by atoms with van der Waals surface area (Å²) in [6.07, 6.45) is 0. The minimum Gasteiger partial charge on any atom is -0.478 e. The Morgan fingerprint density at radius 2 is 1.90 bits per heavy atom. The number of benzene rings is 2. The van der Waals surface area contributed by atoms with E-state index in [4.69, 9.17) is 10.4 Å². The van der Waals surface area contributed by atoms with Crippen LogP contribution in [0.3, 0.4) is 0 Å². The van der Waals surface area contributed by atoms with Gasteiger partial charge in [0.1, 0.15) is 5.82 Å². The summed E-state index contributed by atoms with van der Waals surface area (Å²) in [4.78, 5) is 11.2. The van der Waals surface area contributed by atoms with Gasteiger partial charge in [-0.05, 0) is 29.8 Å². The Balaban J connectivity index is 2.50. The van der Waals surface area contributed by atoms with Crippen LogP contribution in [0.2, 0.25) is 0 Å². The SMILES string of the molecule is CC(c1ccc(C#N)cc1)c1c(F)cccc1C(=O)O. The van der Waals surface area contributed by atoms with Crippen molar-refractivity contribution < 1.29 is 14.3 Å². The van der Waals surface area contributed by atoms with Crippen molar-refractivity contribution in [3.05, 3.63) is 70.5 Å². The predicted molar refractivity (Wildman–Crippen MR) is 72.0 cm³/mol. The zero-order valence-corrected chi connectivity index (χ0v) is 10.8. The van der Waals surface area contributed by atoms with Crippen molar-refractivity contribution in [2.75, 3.05) is 0 Å². The van der Waals surface area contributed by atoms with Gasteiger partial charge in [0.15, 0.2) is 0 Å². The molecule has 0 amide bonds. The molecule has 0 aliphatic heterocycles. The van der Waals surface area contributed by atoms with Gasteiger partial charge in [-0.15, -0.1) is 0 Å². The zero-order chi connectivity index (χ0) is 14.7. The van der Waals surface area contributed by atoms with Gasteiger partial charge in [-0.2, -0.15) is 5.26 Å². The average Bonchev–Trinajstić information content (AvgIpc) is 2.46. The highest BCUT2D eigenvalue weighted by atomic mass is 19.1. The summed E-state index contributed by atoms with van der Waals surface area (Å²) in [5.41, 5.74) is 1.39. The molecule has 0 aliphatic carbocycles. The summed E-state index contributed by atoms with van der Waals surface area (Å²) in [5, 5.41) is 17.9. The molecular formula is C16H12FNO2. The normalized spacial score (nSPS) is 11.7. The highest BCUT2D eigenvalue weighted by Crippen LogP contribution is 2.29. The van der Waals surface area contributed by atoms with Gasteiger partial charge in [-0.1, -0.05) is 25.1 Å². The first-order valence-corrected chi connectivity index (χ1v) is 6.06. The number of nitriles is 1. The summed E-state index contributed by atoms with van der Waals surface area (Å²) in [6.45, 7) is 1.74. The maximum atomic E-state index is 14.0. The van der Waals surface area contributed by atoms with E-state index in [1.54, 1.807) is 31.2 Å². The van der Waals surface area contributed by atoms with Crippen LogP contribution in [-0.4, -0.2) is 11.1 Å². The third-order valence-electron chi connectivity index (χ3n) is 3.26. The van der Waals surface area contributed by atoms with Crippen LogP contribution in [-0.2, 0) is 0 Å². The fraction of sp³-hybridized carbons (Fsp3) is 0.125. The molecule has 0 bridgehead atoms. The zero-order valence-electron chi connectivity index (χ0n) is 10.8. The van der Waals surface area contributed by atoms with E-state index in [1.807, 2.05) is 6.07 Å². The van der Waals surface area contributed by atoms with Crippen molar-refractivity contribution >= 4 is 5.97 Å². The second kappa shape index (κ2) is 5.54. The number of rotatable bonds is 3. The highest BCUT2D eigenvalue weighted by Gasteiger charge is 2.20. The van der Waals surface area contributed by atoms with Gasteiger partial charge >= 0.3 is 5.97 Å². The number of hydrogen-bond donors (Lipinski definition) is 1. The second-order valence-electron chi connectivity index (χ2n) is 4.46. The number of carbonyl (C=O) groups is 1. The second-order valence-corrected chi connectivity index (χ2v) is 4.46. The van der Waals surface area contributed by atoms with Crippen LogP contribution >= 0.6 is 0 Å². The minimum absolute atomic E-state index is 0.0399. The fourth-order valence-corrected chi connectivity index (χ4v) is 2.18. The average molecular weight is 269 g/mol. The van der Waals surface area contributed by atoms with Crippen molar-refractivity contribution in [1.29, 1.82) is 5.26 Å². The molecule has 3 nitrogen and oxygen atoms in total. The molecule has 0 saturated carbocycles. The van der Waals surface area contributed by atoms with E-state index >= 15 is 0 Å². The molecule has 0 saturated heterocycles. The molecule has 1 N–H and O–H groups in total. The molecule has 0 spiro atoms. The van der Waals surface area contributed by atoms with Gasteiger partial charge < -0.3 is 5.11 Å². The van der Waals surface area contributed by atoms with E-state index in [0.717, 1.165) is 5.56 Å². The van der Waals surface area contributed by atoms with Crippen LogP contribution in [0.5, 0.6) is 0 Å². The molecule has 0 heterocycles. The lowest BCUT2D eigenvalue weighted by atomic mass is 9.89. The van der Waals surface area contributed by atoms with E-state index < -0.39 is 17.7 Å². The van der Waals surface area contributed by atoms with Crippen molar-refractivity contribution in [3.8, 4) is 6.07 Å². The Morgan fingerprint density at radius 1 is 1.25 bits per heavy atom. The van der Waals surface area contributed by atoms with E-state index in [-0.39, 0.29) is 11.1 Å². The van der Waals surface area contributed by atoms with Crippen LogP contribution in [0.4, 0.5) is 4.39 Å². The fourth-order valence-electron chi connectivity index (χ4n) is 2.18. The minimum atomic E-state index is -1.15. The van der Waals surface area contributed by atoms with Crippen LogP contribution in [0.1, 0.15) is 39.9 Å². The molecule has 0 aromatic heterocycles. The molecular weight excluding hydrogens is 257 g/mol. The molecule has 4 heteroatoms. The molecule has 0 fully saturated rings. The summed E-state index contributed by atoms with van der Waals surface area (Å²) in [7, 11) is 0. The Bertz CT molecular complexity index is 687. The first-order chi connectivity index (χ1) is 9.54. The molecule has 1 unspecified atom stereocenters. The third kappa shape index (κ3) is 2.52. The molecule has 1 atom stereocenters. The lowest BCUT2D eigenvalue weighted by molar-refractivity contribution is 0.0694. The topological polar surface area (TPSA) is 61.1 Å². The van der Waals surface area contributed by atoms with Gasteiger partial charge in [0.2, 0.25) is 0 Å². The Kier molecular flexibility index (Phi) is 3.81. The summed E-state index contributed by atoms with van der Waals surface area (Å²) < 4.78 is 14.0. The predicted octanol–water partition coefficient (Wildman–Crippen LogP) is 3.55. The van der Waals surface area contributed by atoms with Crippen molar-refractivity contribution in [2.24, 2.45) is 0 Å². The largest absolute Gasteiger partial charge is 0.478 e. The molecule has 2 aromatic rings. The first-order valence-electron chi connectivity index (χ1n) is 6.06. The van der Waals surface area contributed by atoms with E-state index in [0.29, 0.717) is 5.56 Å². The van der Waals surface area contributed by atoms with E-state index in [2.05, 4.69) is 0 Å². The summed E-state index contributed by atoms with van der Waals surface area (Å²) in [5.74, 6) is -2.10. The number of halogens is 1. The van der Waals surface area contributed by atoms with Crippen LogP contribution in [0, 0.1) is 17.1 Å². The van der Waals surface area contributed by atoms with Gasteiger partial charge in [-0.25, -0.2) is 9.18 Å². The lowest BCUT2D eigenvalue weighted by Gasteiger charge is -2.16. The smallest absolute Gasteiger partial charge is 0.336 e. The lowest BCUT2D eigenvalue weighted by Crippen LogP contribution is -2.09. The number of aromatic carboxylic acids is 1. The van der Waals surface area contributed by atoms with Gasteiger partial charge in [0, 0.05) is 11.5 Å². The molecule has 0 aliphatic rings. The first kappa shape index (κ1) is 13.8. The maximum absolute atomic E-state index is 14.0. The van der Waals surface area contributed by atoms with Crippen LogP contribution in [0.15, 0.2) is 42.5 Å². The van der Waals surface area contributed by atoms with E-state index in [1.165, 1.54) is 18.2 Å². The van der Waals surface area contributed by atoms with Gasteiger partial charge in [0.25, 0.3) is 0 Å². The van der Waals surface area contributed by atoms with Crippen molar-refractivity contribution in [3.63, 3.8) is 0 Å². The Morgan fingerprint density at radius 3 is 2.45 bits per heavy atom. The third-order valence-corrected chi connectivity index (χ3v) is 3.26. The van der Waals surface area contributed by atoms with Gasteiger partial charge in [-0.3, -0.25) is 0 Å². The summed E-state index contributed by atoms with van der Waals surface area (Å²) in [6, 6.07) is 12.7. The molecule has 0 radical (unpaired) electrons. The molecule has 2 aromatic carbocycles. The number of carboxylic acids is 1. The number of carboxylic acid groups (broad SMARTS) is 1. The van der Waals surface area contributed by atoms with Crippen LogP contribution in [0.25, 0.3) is 0 Å². The Hall–Kier alpha value is -2.67.